The summed E-state index contributed by atoms with van der Waals surface area (Å²) >= 11 is 0. The lowest BCUT2D eigenvalue weighted by atomic mass is 9.86. The van der Waals surface area contributed by atoms with E-state index in [-0.39, 0.29) is 18.1 Å². The summed E-state index contributed by atoms with van der Waals surface area (Å²) in [5.41, 5.74) is -1.00. The maximum atomic E-state index is 11.7. The molecule has 108 valence electrons. The molecule has 1 heterocycles. The van der Waals surface area contributed by atoms with Gasteiger partial charge in [0.1, 0.15) is 5.78 Å². The van der Waals surface area contributed by atoms with E-state index < -0.39 is 11.4 Å². The molecule has 0 aromatic heterocycles. The van der Waals surface area contributed by atoms with Crippen LogP contribution in [0.15, 0.2) is 0 Å². The predicted octanol–water partition coefficient (Wildman–Crippen LogP) is 1.85. The van der Waals surface area contributed by atoms with Crippen molar-refractivity contribution >= 4 is 17.7 Å². The van der Waals surface area contributed by atoms with Crippen LogP contribution in [-0.2, 0) is 14.4 Å². The zero-order valence-electron chi connectivity index (χ0n) is 11.8. The molecule has 1 aliphatic rings. The molecule has 1 amide bonds. The van der Waals surface area contributed by atoms with Gasteiger partial charge in [0, 0.05) is 32.4 Å². The molecule has 0 saturated carbocycles. The fourth-order valence-corrected chi connectivity index (χ4v) is 2.22. The van der Waals surface area contributed by atoms with Crippen molar-refractivity contribution in [1.82, 2.24) is 4.90 Å². The number of aliphatic carboxylic acids is 1. The van der Waals surface area contributed by atoms with Crippen molar-refractivity contribution in [2.75, 3.05) is 13.1 Å². The smallest absolute Gasteiger partial charge is 0.309 e. The maximum absolute atomic E-state index is 11.7. The molecule has 5 heteroatoms. The lowest BCUT2D eigenvalue weighted by molar-refractivity contribution is -0.149. The van der Waals surface area contributed by atoms with Crippen molar-refractivity contribution in [3.05, 3.63) is 0 Å². The summed E-state index contributed by atoms with van der Waals surface area (Å²) in [6.45, 7) is 4.51. The highest BCUT2D eigenvalue weighted by molar-refractivity contribution is 5.85. The molecule has 1 aliphatic heterocycles. The van der Waals surface area contributed by atoms with E-state index in [1.165, 1.54) is 0 Å². The van der Waals surface area contributed by atoms with Crippen molar-refractivity contribution in [2.45, 2.75) is 52.4 Å². The Kier molecular flexibility index (Phi) is 5.51. The van der Waals surface area contributed by atoms with Crippen LogP contribution >= 0.6 is 0 Å². The number of nitrogens with zero attached hydrogens (tertiary/aromatic N) is 1. The molecular formula is C14H23NO4. The number of hydrogen-bond acceptors (Lipinski definition) is 3. The highest BCUT2D eigenvalue weighted by Crippen LogP contribution is 2.22. The third-order valence-corrected chi connectivity index (χ3v) is 3.52. The average Bonchev–Trinajstić information content (AvgIpc) is 2.30. The number of carbonyl (C=O) groups excluding carboxylic acids is 2. The first kappa shape index (κ1) is 15.7. The minimum absolute atomic E-state index is 0.0446. The fourth-order valence-electron chi connectivity index (χ4n) is 2.22. The second-order valence-electron chi connectivity index (χ2n) is 5.85. The van der Waals surface area contributed by atoms with Crippen LogP contribution in [0, 0.1) is 5.41 Å². The van der Waals surface area contributed by atoms with Crippen molar-refractivity contribution < 1.29 is 19.5 Å². The minimum atomic E-state index is -1.00. The molecule has 1 saturated heterocycles. The Morgan fingerprint density at radius 1 is 1.32 bits per heavy atom. The van der Waals surface area contributed by atoms with Crippen LogP contribution < -0.4 is 0 Å². The van der Waals surface area contributed by atoms with Gasteiger partial charge in [0.2, 0.25) is 5.91 Å². The van der Waals surface area contributed by atoms with Crippen molar-refractivity contribution in [1.29, 1.82) is 0 Å². The average molecular weight is 269 g/mol. The fraction of sp³-hybridized carbons (Fsp3) is 0.786. The summed E-state index contributed by atoms with van der Waals surface area (Å²) in [7, 11) is 0. The summed E-state index contributed by atoms with van der Waals surface area (Å²) in [5, 5.41) is 8.95. The molecule has 5 nitrogen and oxygen atoms in total. The Bertz CT molecular complexity index is 362. The molecule has 19 heavy (non-hydrogen) atoms. The number of likely N-dealkylation sites (tertiary alicyclic amines) is 1. The van der Waals surface area contributed by atoms with Gasteiger partial charge in [-0.1, -0.05) is 0 Å². The van der Waals surface area contributed by atoms with Crippen LogP contribution in [0.4, 0.5) is 0 Å². The molecule has 0 spiro atoms. The summed E-state index contributed by atoms with van der Waals surface area (Å²) < 4.78 is 0. The zero-order valence-corrected chi connectivity index (χ0v) is 11.8. The number of rotatable bonds is 7. The van der Waals surface area contributed by atoms with Gasteiger partial charge >= 0.3 is 5.97 Å². The first-order valence-corrected chi connectivity index (χ1v) is 6.86. The summed E-state index contributed by atoms with van der Waals surface area (Å²) in [5.74, 6) is -0.825. The number of Topliss-reactive ketones (excluding diaryl/α,β-unsaturated/α-hetero) is 1. The lowest BCUT2D eigenvalue weighted by Gasteiger charge is -2.26. The lowest BCUT2D eigenvalue weighted by Crippen LogP contribution is -2.36. The van der Waals surface area contributed by atoms with Crippen LogP contribution in [-0.4, -0.2) is 40.8 Å². The topological polar surface area (TPSA) is 74.7 Å². The van der Waals surface area contributed by atoms with Gasteiger partial charge < -0.3 is 10.0 Å². The van der Waals surface area contributed by atoms with Gasteiger partial charge in [0.25, 0.3) is 0 Å². The molecule has 0 radical (unpaired) electrons. The van der Waals surface area contributed by atoms with Gasteiger partial charge in [-0.25, -0.2) is 0 Å². The molecule has 0 aromatic carbocycles. The maximum Gasteiger partial charge on any atom is 0.309 e. The molecule has 0 aromatic rings. The van der Waals surface area contributed by atoms with E-state index in [4.69, 9.17) is 5.11 Å². The number of carboxylic acids is 1. The zero-order chi connectivity index (χ0) is 14.5. The van der Waals surface area contributed by atoms with Gasteiger partial charge in [-0.15, -0.1) is 0 Å². The Morgan fingerprint density at radius 3 is 2.58 bits per heavy atom. The van der Waals surface area contributed by atoms with Crippen LogP contribution in [0.5, 0.6) is 0 Å². The SMILES string of the molecule is CC(C)(CC(=O)CCCN1CCCCC1=O)C(=O)O. The van der Waals surface area contributed by atoms with Crippen LogP contribution in [0.25, 0.3) is 0 Å². The molecular weight excluding hydrogens is 246 g/mol. The number of piperidine rings is 1. The second-order valence-corrected chi connectivity index (χ2v) is 5.85. The van der Waals surface area contributed by atoms with E-state index in [2.05, 4.69) is 0 Å². The molecule has 0 unspecified atom stereocenters. The van der Waals surface area contributed by atoms with Crippen LogP contribution in [0.3, 0.4) is 0 Å². The van der Waals surface area contributed by atoms with E-state index in [9.17, 15) is 14.4 Å². The van der Waals surface area contributed by atoms with E-state index >= 15 is 0 Å². The normalized spacial score (nSPS) is 16.5. The van der Waals surface area contributed by atoms with Crippen molar-refractivity contribution in [3.63, 3.8) is 0 Å². The Balaban J connectivity index is 2.27. The Morgan fingerprint density at radius 2 is 2.00 bits per heavy atom. The van der Waals surface area contributed by atoms with Crippen molar-refractivity contribution in [3.8, 4) is 0 Å². The quantitative estimate of drug-likeness (QED) is 0.765. The van der Waals surface area contributed by atoms with Gasteiger partial charge in [-0.3, -0.25) is 14.4 Å². The Hall–Kier alpha value is -1.39. The van der Waals surface area contributed by atoms with E-state index in [0.29, 0.717) is 25.8 Å². The number of carboxylic acid groups (broad SMARTS) is 1. The predicted molar refractivity (Wildman–Crippen MR) is 70.7 cm³/mol. The van der Waals surface area contributed by atoms with E-state index in [1.807, 2.05) is 0 Å². The molecule has 0 aliphatic carbocycles. The number of carbonyl (C=O) groups is 3. The molecule has 0 bridgehead atoms. The summed E-state index contributed by atoms with van der Waals surface area (Å²) in [6.07, 6.45) is 3.63. The second kappa shape index (κ2) is 6.68. The number of hydrogen-bond donors (Lipinski definition) is 1. The third kappa shape index (κ3) is 5.01. The standard InChI is InChI=1S/C14H23NO4/c1-14(2,13(18)19)10-11(16)6-5-9-15-8-4-3-7-12(15)17/h3-10H2,1-2H3,(H,18,19). The summed E-state index contributed by atoms with van der Waals surface area (Å²) in [4.78, 5) is 36.0. The number of ketones is 1. The minimum Gasteiger partial charge on any atom is -0.481 e. The molecule has 1 rings (SSSR count). The Labute approximate surface area is 114 Å². The van der Waals surface area contributed by atoms with Crippen LogP contribution in [0.2, 0.25) is 0 Å². The third-order valence-electron chi connectivity index (χ3n) is 3.52. The van der Waals surface area contributed by atoms with E-state index in [0.717, 1.165) is 19.4 Å². The first-order valence-electron chi connectivity index (χ1n) is 6.86. The molecule has 0 atom stereocenters. The molecule has 1 fully saturated rings. The van der Waals surface area contributed by atoms with Gasteiger partial charge in [-0.05, 0) is 33.1 Å². The van der Waals surface area contributed by atoms with E-state index in [1.54, 1.807) is 18.7 Å². The highest BCUT2D eigenvalue weighted by Gasteiger charge is 2.29. The van der Waals surface area contributed by atoms with Gasteiger partial charge in [-0.2, -0.15) is 0 Å². The van der Waals surface area contributed by atoms with Crippen molar-refractivity contribution in [2.24, 2.45) is 5.41 Å². The number of amides is 1. The van der Waals surface area contributed by atoms with Gasteiger partial charge in [0.05, 0.1) is 5.41 Å². The monoisotopic (exact) mass is 269 g/mol. The van der Waals surface area contributed by atoms with Crippen LogP contribution in [0.1, 0.15) is 52.4 Å². The first-order chi connectivity index (χ1) is 8.83. The molecule has 1 N–H and O–H groups in total. The summed E-state index contributed by atoms with van der Waals surface area (Å²) in [6, 6.07) is 0. The largest absolute Gasteiger partial charge is 0.481 e. The van der Waals surface area contributed by atoms with Gasteiger partial charge in [0.15, 0.2) is 0 Å². The highest BCUT2D eigenvalue weighted by atomic mass is 16.4.